The van der Waals surface area contributed by atoms with Gasteiger partial charge in [-0.2, -0.15) is 0 Å². The first kappa shape index (κ1) is 24.8. The van der Waals surface area contributed by atoms with Gasteiger partial charge in [0.1, 0.15) is 30.0 Å². The van der Waals surface area contributed by atoms with E-state index >= 15 is 0 Å². The molecule has 1 aromatic heterocycles. The fraction of sp³-hybridized carbons (Fsp3) is 0.407. The molecule has 178 valence electrons. The first-order chi connectivity index (χ1) is 15.9. The minimum Gasteiger partial charge on any atom is -0.497 e. The SMILES string of the molecule is COc1ccc(OC[C@H](O)CN(CCC(C)C)Cc2cccn2Cc2ccc(F)cc2)cc1. The molecule has 0 saturated heterocycles. The summed E-state index contributed by atoms with van der Waals surface area (Å²) >= 11 is 0. The van der Waals surface area contributed by atoms with Crippen molar-refractivity contribution in [1.29, 1.82) is 0 Å². The van der Waals surface area contributed by atoms with E-state index in [1.54, 1.807) is 7.11 Å². The highest BCUT2D eigenvalue weighted by molar-refractivity contribution is 5.31. The Labute approximate surface area is 196 Å². The molecular formula is C27H35FN2O3. The van der Waals surface area contributed by atoms with E-state index < -0.39 is 6.10 Å². The van der Waals surface area contributed by atoms with Crippen LogP contribution in [0.1, 0.15) is 31.5 Å². The third kappa shape index (κ3) is 8.22. The number of ether oxygens (including phenoxy) is 2. The maximum Gasteiger partial charge on any atom is 0.123 e. The second-order valence-electron chi connectivity index (χ2n) is 8.81. The van der Waals surface area contributed by atoms with Crippen LogP contribution in [0.15, 0.2) is 66.9 Å². The van der Waals surface area contributed by atoms with Gasteiger partial charge in [-0.15, -0.1) is 0 Å². The summed E-state index contributed by atoms with van der Waals surface area (Å²) in [6.45, 7) is 7.45. The van der Waals surface area contributed by atoms with Crippen molar-refractivity contribution in [3.63, 3.8) is 0 Å². The lowest BCUT2D eigenvalue weighted by Gasteiger charge is -2.26. The Balaban J connectivity index is 1.59. The number of benzene rings is 2. The molecule has 0 bridgehead atoms. The van der Waals surface area contributed by atoms with Gasteiger partial charge in [-0.25, -0.2) is 4.39 Å². The third-order valence-electron chi connectivity index (χ3n) is 5.57. The van der Waals surface area contributed by atoms with Crippen LogP contribution in [0.4, 0.5) is 4.39 Å². The zero-order valence-electron chi connectivity index (χ0n) is 19.8. The van der Waals surface area contributed by atoms with Gasteiger partial charge in [0, 0.05) is 31.5 Å². The molecule has 0 saturated carbocycles. The Hall–Kier alpha value is -2.83. The van der Waals surface area contributed by atoms with Gasteiger partial charge in [0.05, 0.1) is 7.11 Å². The lowest BCUT2D eigenvalue weighted by atomic mass is 10.1. The molecule has 33 heavy (non-hydrogen) atoms. The van der Waals surface area contributed by atoms with Gasteiger partial charge in [-0.1, -0.05) is 26.0 Å². The van der Waals surface area contributed by atoms with Crippen molar-refractivity contribution in [3.8, 4) is 11.5 Å². The Bertz CT molecular complexity index is 954. The van der Waals surface area contributed by atoms with Crippen molar-refractivity contribution in [2.45, 2.75) is 39.5 Å². The first-order valence-corrected chi connectivity index (χ1v) is 11.5. The number of aromatic nitrogens is 1. The molecule has 3 aromatic rings. The van der Waals surface area contributed by atoms with Gasteiger partial charge < -0.3 is 19.1 Å². The van der Waals surface area contributed by atoms with Gasteiger partial charge >= 0.3 is 0 Å². The maximum atomic E-state index is 13.2. The predicted octanol–water partition coefficient (Wildman–Crippen LogP) is 4.97. The third-order valence-corrected chi connectivity index (χ3v) is 5.57. The molecule has 1 atom stereocenters. The summed E-state index contributed by atoms with van der Waals surface area (Å²) in [5.74, 6) is 1.83. The average molecular weight is 455 g/mol. The fourth-order valence-electron chi connectivity index (χ4n) is 3.65. The lowest BCUT2D eigenvalue weighted by molar-refractivity contribution is 0.0631. The van der Waals surface area contributed by atoms with Crippen LogP contribution in [0.2, 0.25) is 0 Å². The van der Waals surface area contributed by atoms with Crippen molar-refractivity contribution >= 4 is 0 Å². The lowest BCUT2D eigenvalue weighted by Crippen LogP contribution is -2.36. The molecule has 1 heterocycles. The highest BCUT2D eigenvalue weighted by atomic mass is 19.1. The number of halogens is 1. The van der Waals surface area contributed by atoms with E-state index in [1.165, 1.54) is 12.1 Å². The molecule has 0 radical (unpaired) electrons. The van der Waals surface area contributed by atoms with Gasteiger partial charge in [-0.3, -0.25) is 4.90 Å². The number of aliphatic hydroxyl groups excluding tert-OH is 1. The minimum absolute atomic E-state index is 0.223. The smallest absolute Gasteiger partial charge is 0.123 e. The summed E-state index contributed by atoms with van der Waals surface area (Å²) in [6.07, 6.45) is 2.48. The normalized spacial score (nSPS) is 12.3. The molecular weight excluding hydrogens is 419 g/mol. The summed E-state index contributed by atoms with van der Waals surface area (Å²) in [5, 5.41) is 10.7. The molecule has 0 unspecified atom stereocenters. The van der Waals surface area contributed by atoms with Crippen molar-refractivity contribution < 1.29 is 19.0 Å². The Morgan fingerprint density at radius 2 is 1.70 bits per heavy atom. The molecule has 0 aliphatic rings. The molecule has 6 heteroatoms. The second-order valence-corrected chi connectivity index (χ2v) is 8.81. The molecule has 0 aliphatic heterocycles. The molecule has 0 fully saturated rings. The molecule has 5 nitrogen and oxygen atoms in total. The molecule has 0 spiro atoms. The van der Waals surface area contributed by atoms with Crippen molar-refractivity contribution in [2.75, 3.05) is 26.8 Å². The number of methoxy groups -OCH3 is 1. The van der Waals surface area contributed by atoms with E-state index in [-0.39, 0.29) is 12.4 Å². The quantitative estimate of drug-likeness (QED) is 0.396. The molecule has 3 rings (SSSR count). The van der Waals surface area contributed by atoms with Gasteiger partial charge in [0.2, 0.25) is 0 Å². The number of hydrogen-bond acceptors (Lipinski definition) is 4. The Morgan fingerprint density at radius 1 is 1.00 bits per heavy atom. The molecule has 0 aliphatic carbocycles. The van der Waals surface area contributed by atoms with E-state index in [0.29, 0.717) is 24.8 Å². The molecule has 1 N–H and O–H groups in total. The summed E-state index contributed by atoms with van der Waals surface area (Å²) in [5.41, 5.74) is 2.21. The molecule has 0 amide bonds. The Kier molecular flexibility index (Phi) is 9.34. The van der Waals surface area contributed by atoms with Crippen LogP contribution >= 0.6 is 0 Å². The van der Waals surface area contributed by atoms with Crippen molar-refractivity contribution in [3.05, 3.63) is 83.9 Å². The van der Waals surface area contributed by atoms with Crippen LogP contribution in [0.5, 0.6) is 11.5 Å². The van der Waals surface area contributed by atoms with Gasteiger partial charge in [-0.05, 0) is 73.0 Å². The van der Waals surface area contributed by atoms with E-state index in [0.717, 1.165) is 36.5 Å². The highest BCUT2D eigenvalue weighted by Gasteiger charge is 2.16. The van der Waals surface area contributed by atoms with Gasteiger partial charge in [0.25, 0.3) is 0 Å². The van der Waals surface area contributed by atoms with E-state index in [4.69, 9.17) is 9.47 Å². The van der Waals surface area contributed by atoms with Crippen LogP contribution in [0, 0.1) is 11.7 Å². The predicted molar refractivity (Wildman–Crippen MR) is 129 cm³/mol. The second kappa shape index (κ2) is 12.4. The maximum absolute atomic E-state index is 13.2. The number of nitrogens with zero attached hydrogens (tertiary/aromatic N) is 2. The Morgan fingerprint density at radius 3 is 2.36 bits per heavy atom. The van der Waals surface area contributed by atoms with Crippen LogP contribution in [0.25, 0.3) is 0 Å². The number of hydrogen-bond donors (Lipinski definition) is 1. The number of aliphatic hydroxyl groups is 1. The van der Waals surface area contributed by atoms with E-state index in [2.05, 4.69) is 29.4 Å². The zero-order chi connectivity index (χ0) is 23.6. The fourth-order valence-corrected chi connectivity index (χ4v) is 3.65. The van der Waals surface area contributed by atoms with Crippen LogP contribution < -0.4 is 9.47 Å². The summed E-state index contributed by atoms with van der Waals surface area (Å²) in [4.78, 5) is 2.28. The minimum atomic E-state index is -0.611. The standard InChI is InChI=1S/C27H35FN2O3/c1-21(2)14-16-29(19-25(31)20-33-27-12-10-26(32-3)11-13-27)18-24-5-4-15-30(24)17-22-6-8-23(28)9-7-22/h4-13,15,21,25,31H,14,16-20H2,1-3H3/t25-/m1/s1. The average Bonchev–Trinajstić information content (AvgIpc) is 3.24. The highest BCUT2D eigenvalue weighted by Crippen LogP contribution is 2.18. The van der Waals surface area contributed by atoms with Crippen LogP contribution in [-0.2, 0) is 13.1 Å². The van der Waals surface area contributed by atoms with Crippen molar-refractivity contribution in [2.24, 2.45) is 5.92 Å². The summed E-state index contributed by atoms with van der Waals surface area (Å²) < 4.78 is 26.4. The van der Waals surface area contributed by atoms with E-state index in [1.807, 2.05) is 48.7 Å². The number of rotatable bonds is 13. The summed E-state index contributed by atoms with van der Waals surface area (Å²) in [6, 6.07) is 18.1. The first-order valence-electron chi connectivity index (χ1n) is 11.5. The zero-order valence-corrected chi connectivity index (χ0v) is 19.8. The monoisotopic (exact) mass is 454 g/mol. The topological polar surface area (TPSA) is 46.9 Å². The van der Waals surface area contributed by atoms with Crippen LogP contribution in [-0.4, -0.2) is 47.5 Å². The molecule has 2 aromatic carbocycles. The van der Waals surface area contributed by atoms with Crippen molar-refractivity contribution in [1.82, 2.24) is 9.47 Å². The van der Waals surface area contributed by atoms with Crippen LogP contribution in [0.3, 0.4) is 0 Å². The van der Waals surface area contributed by atoms with E-state index in [9.17, 15) is 9.50 Å². The largest absolute Gasteiger partial charge is 0.497 e. The van der Waals surface area contributed by atoms with Gasteiger partial charge in [0.15, 0.2) is 0 Å². The summed E-state index contributed by atoms with van der Waals surface area (Å²) in [7, 11) is 1.63.